The molecule has 2 unspecified atom stereocenters. The predicted octanol–water partition coefficient (Wildman–Crippen LogP) is 3.58. The number of amides is 1. The van der Waals surface area contributed by atoms with E-state index in [1.54, 1.807) is 30.3 Å². The van der Waals surface area contributed by atoms with Gasteiger partial charge in [-0.2, -0.15) is 13.2 Å². The third kappa shape index (κ3) is 3.17. The Bertz CT molecular complexity index is 846. The molecule has 1 saturated heterocycles. The zero-order valence-electron chi connectivity index (χ0n) is 12.9. The lowest BCUT2D eigenvalue weighted by molar-refractivity contribution is -0.137. The summed E-state index contributed by atoms with van der Waals surface area (Å²) in [5, 5.41) is 18.8. The topological polar surface area (TPSA) is 76.8 Å². The highest BCUT2D eigenvalue weighted by Crippen LogP contribution is 2.35. The lowest BCUT2D eigenvalue weighted by Crippen LogP contribution is -2.26. The molecule has 0 aliphatic carbocycles. The normalized spacial score (nSPS) is 20.4. The second-order valence-electron chi connectivity index (χ2n) is 5.75. The first-order valence-corrected chi connectivity index (χ1v) is 7.49. The van der Waals surface area contributed by atoms with E-state index in [9.17, 15) is 18.0 Å². The van der Waals surface area contributed by atoms with Crippen molar-refractivity contribution >= 4 is 17.3 Å². The van der Waals surface area contributed by atoms with E-state index in [0.717, 1.165) is 12.1 Å². The van der Waals surface area contributed by atoms with Crippen LogP contribution >= 0.6 is 0 Å². The van der Waals surface area contributed by atoms with Crippen molar-refractivity contribution in [1.29, 1.82) is 10.8 Å². The maximum atomic E-state index is 13.0. The smallest absolute Gasteiger partial charge is 0.343 e. The number of benzene rings is 2. The number of hydrogen-bond acceptors (Lipinski definition) is 3. The molecule has 1 heterocycles. The molecule has 2 aromatic rings. The van der Waals surface area contributed by atoms with Gasteiger partial charge in [0.15, 0.2) is 0 Å². The van der Waals surface area contributed by atoms with Gasteiger partial charge in [0.25, 0.3) is 5.91 Å². The number of carbonyl (C=O) groups excluding carboxylic acids is 1. The second-order valence-corrected chi connectivity index (χ2v) is 5.75. The molecule has 2 atom stereocenters. The van der Waals surface area contributed by atoms with Gasteiger partial charge in [0.1, 0.15) is 5.71 Å². The standard InChI is InChI=1S/C18H14F3N3O/c19-18(20,21)12-8-4-7-11(9-12)16-13(15(23)17(25)24-16)14(22)10-5-2-1-3-6-10/h1-9,13,16,22-23H,(H,24,25). The van der Waals surface area contributed by atoms with Gasteiger partial charge in [-0.05, 0) is 23.3 Å². The molecule has 0 spiro atoms. The van der Waals surface area contributed by atoms with E-state index < -0.39 is 29.6 Å². The number of carbonyl (C=O) groups is 1. The van der Waals surface area contributed by atoms with Crippen molar-refractivity contribution < 1.29 is 18.0 Å². The van der Waals surface area contributed by atoms with Crippen molar-refractivity contribution in [2.45, 2.75) is 12.2 Å². The predicted molar refractivity (Wildman–Crippen MR) is 86.8 cm³/mol. The van der Waals surface area contributed by atoms with Gasteiger partial charge in [-0.25, -0.2) is 0 Å². The SMILES string of the molecule is N=C1C(=O)NC(c2cccc(C(F)(F)F)c2)C1C(=N)c1ccccc1. The lowest BCUT2D eigenvalue weighted by Gasteiger charge is -2.21. The van der Waals surface area contributed by atoms with Crippen molar-refractivity contribution in [3.05, 3.63) is 71.3 Å². The van der Waals surface area contributed by atoms with Gasteiger partial charge in [-0.15, -0.1) is 0 Å². The molecule has 4 nitrogen and oxygen atoms in total. The first-order valence-electron chi connectivity index (χ1n) is 7.49. The first-order chi connectivity index (χ1) is 11.8. The van der Waals surface area contributed by atoms with Crippen LogP contribution in [0.4, 0.5) is 13.2 Å². The Morgan fingerprint density at radius 2 is 1.72 bits per heavy atom. The largest absolute Gasteiger partial charge is 0.416 e. The van der Waals surface area contributed by atoms with Gasteiger partial charge in [0.2, 0.25) is 0 Å². The van der Waals surface area contributed by atoms with Crippen LogP contribution in [-0.4, -0.2) is 17.3 Å². The molecular weight excluding hydrogens is 331 g/mol. The van der Waals surface area contributed by atoms with E-state index in [0.29, 0.717) is 5.56 Å². The third-order valence-electron chi connectivity index (χ3n) is 4.14. The number of nitrogens with one attached hydrogen (secondary N) is 3. The minimum atomic E-state index is -4.51. The molecule has 25 heavy (non-hydrogen) atoms. The van der Waals surface area contributed by atoms with Gasteiger partial charge in [0.05, 0.1) is 23.2 Å². The van der Waals surface area contributed by atoms with Crippen molar-refractivity contribution in [2.75, 3.05) is 0 Å². The summed E-state index contributed by atoms with van der Waals surface area (Å²) in [4.78, 5) is 11.9. The van der Waals surface area contributed by atoms with E-state index >= 15 is 0 Å². The molecule has 0 saturated carbocycles. The lowest BCUT2D eigenvalue weighted by atomic mass is 9.85. The molecule has 1 aliphatic rings. The maximum Gasteiger partial charge on any atom is 0.416 e. The Morgan fingerprint density at radius 1 is 1.04 bits per heavy atom. The Kier molecular flexibility index (Phi) is 4.16. The zero-order chi connectivity index (χ0) is 18.2. The summed E-state index contributed by atoms with van der Waals surface area (Å²) in [7, 11) is 0. The van der Waals surface area contributed by atoms with Gasteiger partial charge in [0, 0.05) is 0 Å². The van der Waals surface area contributed by atoms with Crippen molar-refractivity contribution in [1.82, 2.24) is 5.32 Å². The molecule has 128 valence electrons. The van der Waals surface area contributed by atoms with Gasteiger partial charge in [-0.3, -0.25) is 10.2 Å². The van der Waals surface area contributed by atoms with Crippen LogP contribution in [0.2, 0.25) is 0 Å². The minimum Gasteiger partial charge on any atom is -0.343 e. The molecule has 0 aromatic heterocycles. The van der Waals surface area contributed by atoms with E-state index in [1.807, 2.05) is 0 Å². The zero-order valence-corrected chi connectivity index (χ0v) is 12.9. The van der Waals surface area contributed by atoms with Crippen LogP contribution in [0.5, 0.6) is 0 Å². The van der Waals surface area contributed by atoms with E-state index in [1.165, 1.54) is 12.1 Å². The van der Waals surface area contributed by atoms with Crippen LogP contribution in [0.25, 0.3) is 0 Å². The molecular formula is C18H14F3N3O. The molecule has 1 amide bonds. The average Bonchev–Trinajstić information content (AvgIpc) is 2.90. The maximum absolute atomic E-state index is 13.0. The summed E-state index contributed by atoms with van der Waals surface area (Å²) in [6.45, 7) is 0. The second kappa shape index (κ2) is 6.16. The number of halogens is 3. The molecule has 1 aliphatic heterocycles. The molecule has 0 radical (unpaired) electrons. The van der Waals surface area contributed by atoms with Crippen LogP contribution in [0.15, 0.2) is 54.6 Å². The van der Waals surface area contributed by atoms with E-state index in [-0.39, 0.29) is 17.0 Å². The van der Waals surface area contributed by atoms with Gasteiger partial charge in [-0.1, -0.05) is 42.5 Å². The van der Waals surface area contributed by atoms with E-state index in [2.05, 4.69) is 5.32 Å². The van der Waals surface area contributed by atoms with Crippen LogP contribution in [0.1, 0.15) is 22.7 Å². The Balaban J connectivity index is 2.01. The molecule has 1 fully saturated rings. The summed E-state index contributed by atoms with van der Waals surface area (Å²) in [5.41, 5.74) is -0.396. The molecule has 3 rings (SSSR count). The third-order valence-corrected chi connectivity index (χ3v) is 4.14. The molecule has 0 bridgehead atoms. The highest BCUT2D eigenvalue weighted by atomic mass is 19.4. The van der Waals surface area contributed by atoms with Gasteiger partial charge >= 0.3 is 6.18 Å². The highest BCUT2D eigenvalue weighted by molar-refractivity contribution is 6.45. The fourth-order valence-corrected chi connectivity index (χ4v) is 2.90. The molecule has 7 heteroatoms. The molecule has 2 aromatic carbocycles. The Hall–Kier alpha value is -2.96. The van der Waals surface area contributed by atoms with Crippen LogP contribution in [0, 0.1) is 16.7 Å². The molecule has 3 N–H and O–H groups in total. The quantitative estimate of drug-likeness (QED) is 0.731. The highest BCUT2D eigenvalue weighted by Gasteiger charge is 2.42. The number of alkyl halides is 3. The summed E-state index contributed by atoms with van der Waals surface area (Å²) in [6.07, 6.45) is -4.51. The number of hydrogen-bond donors (Lipinski definition) is 3. The fraction of sp³-hybridized carbons (Fsp3) is 0.167. The first kappa shape index (κ1) is 16.9. The van der Waals surface area contributed by atoms with Crippen LogP contribution in [0.3, 0.4) is 0 Å². The average molecular weight is 345 g/mol. The van der Waals surface area contributed by atoms with Crippen molar-refractivity contribution in [3.63, 3.8) is 0 Å². The summed E-state index contributed by atoms with van der Waals surface area (Å²) in [6, 6.07) is 12.3. The summed E-state index contributed by atoms with van der Waals surface area (Å²) >= 11 is 0. The monoisotopic (exact) mass is 345 g/mol. The van der Waals surface area contributed by atoms with E-state index in [4.69, 9.17) is 10.8 Å². The van der Waals surface area contributed by atoms with Crippen molar-refractivity contribution in [3.8, 4) is 0 Å². The summed E-state index contributed by atoms with van der Waals surface area (Å²) in [5.74, 6) is -1.62. The van der Waals surface area contributed by atoms with Crippen LogP contribution < -0.4 is 5.32 Å². The Labute approximate surface area is 141 Å². The fourth-order valence-electron chi connectivity index (χ4n) is 2.90. The Morgan fingerprint density at radius 3 is 2.36 bits per heavy atom. The number of rotatable bonds is 3. The van der Waals surface area contributed by atoms with Crippen LogP contribution in [-0.2, 0) is 11.0 Å². The minimum absolute atomic E-state index is 0.0198. The van der Waals surface area contributed by atoms with Crippen molar-refractivity contribution in [2.24, 2.45) is 5.92 Å². The van der Waals surface area contributed by atoms with Gasteiger partial charge < -0.3 is 10.7 Å². The summed E-state index contributed by atoms with van der Waals surface area (Å²) < 4.78 is 38.9.